The van der Waals surface area contributed by atoms with Gasteiger partial charge in [-0.15, -0.1) is 0 Å². The fraction of sp³-hybridized carbons (Fsp3) is 0.667. The molecule has 0 aliphatic rings. The predicted octanol–water partition coefficient (Wildman–Crippen LogP) is 4.34. The minimum atomic E-state index is 0.629. The van der Waals surface area contributed by atoms with Crippen LogP contribution in [0.3, 0.4) is 0 Å². The first-order chi connectivity index (χ1) is 5.72. The zero-order chi connectivity index (χ0) is 9.40. The minimum Gasteiger partial charge on any atom is -0.0988 e. The predicted molar refractivity (Wildman–Crippen MR) is 57.3 cm³/mol. The quantitative estimate of drug-likeness (QED) is 0.407. The van der Waals surface area contributed by atoms with Crippen molar-refractivity contribution < 1.29 is 0 Å². The third-order valence-corrected chi connectivity index (χ3v) is 2.09. The Morgan fingerprint density at radius 2 is 2.00 bits per heavy atom. The maximum atomic E-state index is 3.81. The van der Waals surface area contributed by atoms with Gasteiger partial charge in [-0.3, -0.25) is 0 Å². The van der Waals surface area contributed by atoms with Crippen LogP contribution in [-0.2, 0) is 0 Å². The van der Waals surface area contributed by atoms with E-state index in [1.165, 1.54) is 31.3 Å². The van der Waals surface area contributed by atoms with E-state index in [9.17, 15) is 0 Å². The van der Waals surface area contributed by atoms with Crippen molar-refractivity contribution in [1.29, 1.82) is 0 Å². The molecule has 0 N–H and O–H groups in total. The molecule has 0 aliphatic carbocycles. The highest BCUT2D eigenvalue weighted by Gasteiger charge is 1.96. The first-order valence-corrected chi connectivity index (χ1v) is 5.04. The van der Waals surface area contributed by atoms with Crippen LogP contribution in [0.15, 0.2) is 24.3 Å². The van der Waals surface area contributed by atoms with Gasteiger partial charge in [0.1, 0.15) is 0 Å². The van der Waals surface area contributed by atoms with Gasteiger partial charge in [0, 0.05) is 0 Å². The van der Waals surface area contributed by atoms with E-state index in [1.54, 1.807) is 0 Å². The zero-order valence-electron chi connectivity index (χ0n) is 8.77. The summed E-state index contributed by atoms with van der Waals surface area (Å²) in [5.74, 6) is 0.629. The standard InChI is InChI=1S/C12H22/c1-5-7-8-9-10-12(6-2)11(3)4/h6,10-11H,2,5,7-9H2,1,3-4H3/b12-10-. The van der Waals surface area contributed by atoms with E-state index in [0.29, 0.717) is 5.92 Å². The Morgan fingerprint density at radius 1 is 1.33 bits per heavy atom. The smallest absolute Gasteiger partial charge is 0.0222 e. The van der Waals surface area contributed by atoms with Crippen molar-refractivity contribution in [3.05, 3.63) is 24.3 Å². The molecular weight excluding hydrogens is 144 g/mol. The van der Waals surface area contributed by atoms with Gasteiger partial charge >= 0.3 is 0 Å². The van der Waals surface area contributed by atoms with Gasteiger partial charge in [-0.1, -0.05) is 57.9 Å². The van der Waals surface area contributed by atoms with Gasteiger partial charge in [-0.2, -0.15) is 0 Å². The molecule has 0 aliphatic heterocycles. The number of rotatable bonds is 6. The molecule has 12 heavy (non-hydrogen) atoms. The second kappa shape index (κ2) is 7.15. The summed E-state index contributed by atoms with van der Waals surface area (Å²) in [4.78, 5) is 0. The third-order valence-electron chi connectivity index (χ3n) is 2.09. The fourth-order valence-corrected chi connectivity index (χ4v) is 1.22. The Hall–Kier alpha value is -0.520. The lowest BCUT2D eigenvalue weighted by Gasteiger charge is -2.05. The number of allylic oxidation sites excluding steroid dienone is 3. The van der Waals surface area contributed by atoms with E-state index < -0.39 is 0 Å². The van der Waals surface area contributed by atoms with Gasteiger partial charge in [0.25, 0.3) is 0 Å². The molecule has 0 saturated heterocycles. The van der Waals surface area contributed by atoms with Gasteiger partial charge in [-0.05, 0) is 18.8 Å². The molecule has 70 valence electrons. The molecule has 0 aromatic heterocycles. The molecule has 0 amide bonds. The monoisotopic (exact) mass is 166 g/mol. The lowest BCUT2D eigenvalue weighted by atomic mass is 10.0. The Bertz CT molecular complexity index is 140. The highest BCUT2D eigenvalue weighted by atomic mass is 14.0. The van der Waals surface area contributed by atoms with Crippen molar-refractivity contribution in [2.75, 3.05) is 0 Å². The van der Waals surface area contributed by atoms with Crippen molar-refractivity contribution in [3.8, 4) is 0 Å². The van der Waals surface area contributed by atoms with Crippen LogP contribution in [0.4, 0.5) is 0 Å². The number of unbranched alkanes of at least 4 members (excludes halogenated alkanes) is 3. The second-order valence-electron chi connectivity index (χ2n) is 3.56. The van der Waals surface area contributed by atoms with Gasteiger partial charge in [0.05, 0.1) is 0 Å². The number of hydrogen-bond donors (Lipinski definition) is 0. The SMILES string of the molecule is C=C/C(=C/CCCCC)C(C)C. The fourth-order valence-electron chi connectivity index (χ4n) is 1.22. The first kappa shape index (κ1) is 11.5. The lowest BCUT2D eigenvalue weighted by molar-refractivity contribution is 0.717. The molecule has 0 heteroatoms. The van der Waals surface area contributed by atoms with Crippen molar-refractivity contribution in [3.63, 3.8) is 0 Å². The Morgan fingerprint density at radius 3 is 2.42 bits per heavy atom. The van der Waals surface area contributed by atoms with E-state index in [4.69, 9.17) is 0 Å². The summed E-state index contributed by atoms with van der Waals surface area (Å²) in [5, 5.41) is 0. The molecule has 0 atom stereocenters. The van der Waals surface area contributed by atoms with Crippen LogP contribution in [0.1, 0.15) is 46.5 Å². The third kappa shape index (κ3) is 5.17. The molecular formula is C12H22. The van der Waals surface area contributed by atoms with E-state index in [1.807, 2.05) is 6.08 Å². The Balaban J connectivity index is 3.71. The molecule has 0 bridgehead atoms. The van der Waals surface area contributed by atoms with Crippen LogP contribution in [-0.4, -0.2) is 0 Å². The van der Waals surface area contributed by atoms with E-state index in [-0.39, 0.29) is 0 Å². The molecule has 0 rings (SSSR count). The summed E-state index contributed by atoms with van der Waals surface area (Å²) in [6, 6.07) is 0. The molecule has 0 fully saturated rings. The number of hydrogen-bond acceptors (Lipinski definition) is 0. The molecule has 0 radical (unpaired) electrons. The molecule has 0 aromatic rings. The summed E-state index contributed by atoms with van der Waals surface area (Å²) in [6.07, 6.45) is 9.50. The summed E-state index contributed by atoms with van der Waals surface area (Å²) < 4.78 is 0. The topological polar surface area (TPSA) is 0 Å². The average molecular weight is 166 g/mol. The van der Waals surface area contributed by atoms with Gasteiger partial charge in [0.2, 0.25) is 0 Å². The zero-order valence-corrected chi connectivity index (χ0v) is 8.77. The maximum Gasteiger partial charge on any atom is -0.0222 e. The van der Waals surface area contributed by atoms with Crippen molar-refractivity contribution in [1.82, 2.24) is 0 Å². The van der Waals surface area contributed by atoms with Gasteiger partial charge in [0.15, 0.2) is 0 Å². The lowest BCUT2D eigenvalue weighted by Crippen LogP contribution is -1.89. The maximum absolute atomic E-state index is 3.81. The molecule has 0 heterocycles. The molecule has 0 spiro atoms. The van der Waals surface area contributed by atoms with Crippen LogP contribution < -0.4 is 0 Å². The van der Waals surface area contributed by atoms with E-state index in [2.05, 4.69) is 33.4 Å². The Labute approximate surface area is 77.4 Å². The summed E-state index contributed by atoms with van der Waals surface area (Å²) >= 11 is 0. The highest BCUT2D eigenvalue weighted by Crippen LogP contribution is 2.12. The van der Waals surface area contributed by atoms with Crippen molar-refractivity contribution >= 4 is 0 Å². The molecule has 0 unspecified atom stereocenters. The molecule has 0 nitrogen and oxygen atoms in total. The van der Waals surface area contributed by atoms with Crippen LogP contribution in [0.2, 0.25) is 0 Å². The van der Waals surface area contributed by atoms with Crippen LogP contribution >= 0.6 is 0 Å². The van der Waals surface area contributed by atoms with Crippen LogP contribution in [0.5, 0.6) is 0 Å². The van der Waals surface area contributed by atoms with Gasteiger partial charge < -0.3 is 0 Å². The van der Waals surface area contributed by atoms with Crippen LogP contribution in [0, 0.1) is 5.92 Å². The van der Waals surface area contributed by atoms with Crippen molar-refractivity contribution in [2.24, 2.45) is 5.92 Å². The first-order valence-electron chi connectivity index (χ1n) is 5.04. The van der Waals surface area contributed by atoms with Crippen LogP contribution in [0.25, 0.3) is 0 Å². The molecule has 0 aromatic carbocycles. The molecule has 0 saturated carbocycles. The average Bonchev–Trinajstić information content (AvgIpc) is 2.04. The minimum absolute atomic E-state index is 0.629. The highest BCUT2D eigenvalue weighted by molar-refractivity contribution is 5.17. The summed E-state index contributed by atoms with van der Waals surface area (Å²) in [7, 11) is 0. The summed E-state index contributed by atoms with van der Waals surface area (Å²) in [5.41, 5.74) is 1.39. The second-order valence-corrected chi connectivity index (χ2v) is 3.56. The van der Waals surface area contributed by atoms with Gasteiger partial charge in [-0.25, -0.2) is 0 Å². The largest absolute Gasteiger partial charge is 0.0988 e. The van der Waals surface area contributed by atoms with Crippen molar-refractivity contribution in [2.45, 2.75) is 46.5 Å². The summed E-state index contributed by atoms with van der Waals surface area (Å²) in [6.45, 7) is 10.5. The van der Waals surface area contributed by atoms with E-state index >= 15 is 0 Å². The normalized spacial score (nSPS) is 12.2. The Kier molecular flexibility index (Phi) is 6.84. The van der Waals surface area contributed by atoms with E-state index in [0.717, 1.165) is 0 Å².